The van der Waals surface area contributed by atoms with Gasteiger partial charge in [-0.15, -0.1) is 0 Å². The van der Waals surface area contributed by atoms with E-state index in [0.29, 0.717) is 26.7 Å². The lowest BCUT2D eigenvalue weighted by molar-refractivity contribution is 0.0942. The van der Waals surface area contributed by atoms with Crippen LogP contribution in [0, 0.1) is 5.92 Å². The zero-order valence-electron chi connectivity index (χ0n) is 29.9. The number of ether oxygens (including phenoxy) is 2. The largest absolute Gasteiger partial charge is 0.361 e. The molecule has 1 aliphatic rings. The van der Waals surface area contributed by atoms with E-state index in [0.717, 1.165) is 71.7 Å². The number of nitrogens with zero attached hydrogens (tertiary/aromatic N) is 6. The van der Waals surface area contributed by atoms with Crippen LogP contribution in [0.25, 0.3) is 22.5 Å². The van der Waals surface area contributed by atoms with Gasteiger partial charge in [-0.25, -0.2) is 18.1 Å². The highest BCUT2D eigenvalue weighted by Crippen LogP contribution is 2.38. The molecule has 48 heavy (non-hydrogen) atoms. The summed E-state index contributed by atoms with van der Waals surface area (Å²) in [5, 5.41) is 9.54. The molecule has 0 spiro atoms. The van der Waals surface area contributed by atoms with Gasteiger partial charge in [-0.2, -0.15) is 14.7 Å². The number of anilines is 1. The molecule has 262 valence electrons. The molecule has 1 saturated carbocycles. The van der Waals surface area contributed by atoms with Crippen molar-refractivity contribution in [1.29, 1.82) is 0 Å². The van der Waals surface area contributed by atoms with Gasteiger partial charge in [0.2, 0.25) is 0 Å². The third-order valence-corrected chi connectivity index (χ3v) is 13.5. The zero-order valence-corrected chi connectivity index (χ0v) is 32.7. The number of para-hydroxylation sites is 1. The summed E-state index contributed by atoms with van der Waals surface area (Å²) in [6.07, 6.45) is 10.7. The zero-order chi connectivity index (χ0) is 34.5. The van der Waals surface area contributed by atoms with E-state index in [-0.39, 0.29) is 17.6 Å². The van der Waals surface area contributed by atoms with Crippen molar-refractivity contribution in [2.75, 3.05) is 43.6 Å². The molecule has 1 aliphatic carbocycles. The van der Waals surface area contributed by atoms with Gasteiger partial charge >= 0.3 is 0 Å². The molecule has 0 N–H and O–H groups in total. The SMILES string of the molecule is C[Si](C)(C)CCOCN(COCC[Si](C)(C)C)c1cc(C2CCC(CS(C)(=O)=O)CC2)nc2c(-c3cnn(-c4ccccc4)c3)cnn12. The van der Waals surface area contributed by atoms with Gasteiger partial charge in [0.05, 0.1) is 23.8 Å². The van der Waals surface area contributed by atoms with E-state index in [1.807, 2.05) is 58.1 Å². The van der Waals surface area contributed by atoms with Crippen molar-refractivity contribution in [1.82, 2.24) is 24.4 Å². The minimum absolute atomic E-state index is 0.199. The van der Waals surface area contributed by atoms with Crippen LogP contribution in [0.5, 0.6) is 0 Å². The first-order valence-corrected chi connectivity index (χ1v) is 26.7. The molecule has 13 heteroatoms. The molecular weight excluding hydrogens is 657 g/mol. The Morgan fingerprint density at radius 2 is 1.50 bits per heavy atom. The highest BCUT2D eigenvalue weighted by molar-refractivity contribution is 7.90. The van der Waals surface area contributed by atoms with Crippen molar-refractivity contribution < 1.29 is 17.9 Å². The minimum Gasteiger partial charge on any atom is -0.361 e. The summed E-state index contributed by atoms with van der Waals surface area (Å²) in [4.78, 5) is 7.41. The molecule has 0 radical (unpaired) electrons. The highest BCUT2D eigenvalue weighted by Gasteiger charge is 2.28. The fourth-order valence-electron chi connectivity index (χ4n) is 6.12. The van der Waals surface area contributed by atoms with Crippen LogP contribution < -0.4 is 4.90 Å². The summed E-state index contributed by atoms with van der Waals surface area (Å²) in [5.41, 5.74) is 4.60. The van der Waals surface area contributed by atoms with Crippen LogP contribution in [0.2, 0.25) is 51.4 Å². The Hall–Kier alpha value is -2.85. The maximum atomic E-state index is 12.0. The third-order valence-electron chi connectivity index (χ3n) is 9.00. The molecule has 0 bridgehead atoms. The fraction of sp³-hybridized carbons (Fsp3) is 0.571. The van der Waals surface area contributed by atoms with Gasteiger partial charge < -0.3 is 14.4 Å². The second-order valence-corrected chi connectivity index (χ2v) is 29.3. The van der Waals surface area contributed by atoms with Gasteiger partial charge in [0.15, 0.2) is 5.65 Å². The quantitative estimate of drug-likeness (QED) is 0.0677. The van der Waals surface area contributed by atoms with Gasteiger partial charge in [-0.05, 0) is 55.8 Å². The molecule has 1 fully saturated rings. The van der Waals surface area contributed by atoms with E-state index < -0.39 is 26.0 Å². The van der Waals surface area contributed by atoms with Crippen molar-refractivity contribution in [3.63, 3.8) is 0 Å². The number of sulfone groups is 1. The Balaban J connectivity index is 1.50. The highest BCUT2D eigenvalue weighted by atomic mass is 32.2. The van der Waals surface area contributed by atoms with Crippen LogP contribution in [0.15, 0.2) is 55.0 Å². The van der Waals surface area contributed by atoms with Gasteiger partial charge in [-0.3, -0.25) is 0 Å². The van der Waals surface area contributed by atoms with Gasteiger partial charge in [0.1, 0.15) is 29.1 Å². The smallest absolute Gasteiger partial charge is 0.165 e. The van der Waals surface area contributed by atoms with Crippen molar-refractivity contribution in [3.8, 4) is 16.8 Å². The Labute approximate surface area is 288 Å². The molecule has 10 nitrogen and oxygen atoms in total. The monoisotopic (exact) mass is 710 g/mol. The average molecular weight is 711 g/mol. The van der Waals surface area contributed by atoms with Crippen LogP contribution >= 0.6 is 0 Å². The summed E-state index contributed by atoms with van der Waals surface area (Å²) in [6, 6.07) is 14.4. The van der Waals surface area contributed by atoms with Crippen LogP contribution in [-0.4, -0.2) is 87.6 Å². The van der Waals surface area contributed by atoms with Crippen LogP contribution in [0.4, 0.5) is 5.82 Å². The lowest BCUT2D eigenvalue weighted by Crippen LogP contribution is -2.33. The Bertz CT molecular complexity index is 1720. The summed E-state index contributed by atoms with van der Waals surface area (Å²) >= 11 is 0. The number of rotatable bonds is 16. The van der Waals surface area contributed by atoms with Crippen LogP contribution in [0.1, 0.15) is 37.3 Å². The normalized spacial score (nSPS) is 17.6. The topological polar surface area (TPSA) is 104 Å². The van der Waals surface area contributed by atoms with Gasteiger partial charge in [0.25, 0.3) is 0 Å². The number of benzene rings is 1. The second-order valence-electron chi connectivity index (χ2n) is 15.9. The molecule has 0 saturated heterocycles. The minimum atomic E-state index is -3.01. The first-order valence-electron chi connectivity index (χ1n) is 17.2. The van der Waals surface area contributed by atoms with Crippen molar-refractivity contribution in [3.05, 3.63) is 60.7 Å². The van der Waals surface area contributed by atoms with Gasteiger partial charge in [-0.1, -0.05) is 57.5 Å². The summed E-state index contributed by atoms with van der Waals surface area (Å²) in [6.45, 7) is 16.4. The van der Waals surface area contributed by atoms with E-state index in [9.17, 15) is 8.42 Å². The van der Waals surface area contributed by atoms with Crippen LogP contribution in [0.3, 0.4) is 0 Å². The van der Waals surface area contributed by atoms with E-state index in [2.05, 4.69) is 55.3 Å². The predicted molar refractivity (Wildman–Crippen MR) is 200 cm³/mol. The van der Waals surface area contributed by atoms with Gasteiger partial charge in [0, 0.05) is 70.6 Å². The molecule has 0 amide bonds. The molecule has 3 heterocycles. The first kappa shape index (κ1) is 36.4. The number of fused-ring (bicyclic) bond motifs is 1. The second kappa shape index (κ2) is 15.4. The van der Waals surface area contributed by atoms with Crippen molar-refractivity contribution in [2.24, 2.45) is 5.92 Å². The first-order chi connectivity index (χ1) is 22.7. The third kappa shape index (κ3) is 10.3. The summed E-state index contributed by atoms with van der Waals surface area (Å²) in [7, 11) is -5.52. The number of aromatic nitrogens is 5. The molecule has 0 atom stereocenters. The molecule has 5 rings (SSSR count). The standard InChI is InChI=1S/C35H54N6O4SSi2/c1-46(42,43)25-28-13-15-29(16-14-28)33-21-34(39(26-44-17-19-47(2,3)4)27-45-18-20-48(5,6)7)41-35(38-33)32(23-37-41)30-22-36-40(24-30)31-11-9-8-10-12-31/h8-12,21-24,28-29H,13-20,25-27H2,1-7H3. The molecule has 0 unspecified atom stereocenters. The van der Waals surface area contributed by atoms with Crippen LogP contribution in [-0.2, 0) is 19.3 Å². The lowest BCUT2D eigenvalue weighted by atomic mass is 9.81. The van der Waals surface area contributed by atoms with E-state index in [1.54, 1.807) is 0 Å². The van der Waals surface area contributed by atoms with E-state index in [1.165, 1.54) is 6.26 Å². The number of hydrogen-bond acceptors (Lipinski definition) is 8. The number of hydrogen-bond donors (Lipinski definition) is 0. The summed E-state index contributed by atoms with van der Waals surface area (Å²) in [5.74, 6) is 1.56. The molecular formula is C35H54N6O4SSi2. The Kier molecular flexibility index (Phi) is 11.7. The van der Waals surface area contributed by atoms with Crippen molar-refractivity contribution in [2.45, 2.75) is 83.0 Å². The Morgan fingerprint density at radius 3 is 2.08 bits per heavy atom. The average Bonchev–Trinajstić information content (AvgIpc) is 3.67. The summed E-state index contributed by atoms with van der Waals surface area (Å²) < 4.78 is 40.5. The maximum Gasteiger partial charge on any atom is 0.165 e. The Morgan fingerprint density at radius 1 is 0.875 bits per heavy atom. The molecule has 0 aliphatic heterocycles. The predicted octanol–water partition coefficient (Wildman–Crippen LogP) is 7.33. The maximum absolute atomic E-state index is 12.0. The molecule has 3 aromatic heterocycles. The fourth-order valence-corrected chi connectivity index (χ4v) is 8.82. The van der Waals surface area contributed by atoms with Crippen molar-refractivity contribution >= 4 is 37.5 Å². The van der Waals surface area contributed by atoms with E-state index >= 15 is 0 Å². The van der Waals surface area contributed by atoms with E-state index in [4.69, 9.17) is 19.6 Å². The lowest BCUT2D eigenvalue weighted by Gasteiger charge is -2.30. The molecule has 4 aromatic rings. The molecule has 1 aromatic carbocycles.